The van der Waals surface area contributed by atoms with Gasteiger partial charge in [0.15, 0.2) is 0 Å². The third-order valence-corrected chi connectivity index (χ3v) is 2.94. The van der Waals surface area contributed by atoms with Crippen molar-refractivity contribution < 1.29 is 0 Å². The summed E-state index contributed by atoms with van der Waals surface area (Å²) >= 11 is 6.29. The summed E-state index contributed by atoms with van der Waals surface area (Å²) in [7, 11) is 0. The van der Waals surface area contributed by atoms with Crippen molar-refractivity contribution in [1.82, 2.24) is 0 Å². The Morgan fingerprint density at radius 1 is 0.933 bits per heavy atom. The highest BCUT2D eigenvalue weighted by Gasteiger charge is 2.19. The third-order valence-electron chi connectivity index (χ3n) is 2.63. The first-order chi connectivity index (χ1) is 7.00. The van der Waals surface area contributed by atoms with Gasteiger partial charge in [0.05, 0.1) is 0 Å². The average molecular weight is 219 g/mol. The molecule has 0 amide bonds. The smallest absolute Gasteiger partial charge is 0.0449 e. The van der Waals surface area contributed by atoms with E-state index in [0.717, 1.165) is 5.02 Å². The molecule has 1 heteroatoms. The molecule has 0 saturated carbocycles. The van der Waals surface area contributed by atoms with Crippen molar-refractivity contribution in [3.8, 4) is 0 Å². The Kier molecular flexibility index (Phi) is 2.47. The van der Waals surface area contributed by atoms with Crippen molar-refractivity contribution >= 4 is 22.4 Å². The second kappa shape index (κ2) is 3.53. The van der Waals surface area contributed by atoms with Gasteiger partial charge in [0.2, 0.25) is 0 Å². The molecule has 0 aromatic heterocycles. The first kappa shape index (κ1) is 10.5. The molecule has 0 heterocycles. The molecule has 0 aliphatic heterocycles. The van der Waals surface area contributed by atoms with E-state index in [-0.39, 0.29) is 5.41 Å². The predicted octanol–water partition coefficient (Wildman–Crippen LogP) is 4.79. The normalized spacial score (nSPS) is 12.0. The molecule has 0 nitrogen and oxygen atoms in total. The topological polar surface area (TPSA) is 0 Å². The molecule has 78 valence electrons. The minimum atomic E-state index is 0.0813. The van der Waals surface area contributed by atoms with Gasteiger partial charge in [-0.1, -0.05) is 62.7 Å². The van der Waals surface area contributed by atoms with E-state index in [1.165, 1.54) is 16.3 Å². The molecule has 0 radical (unpaired) electrons. The molecule has 0 aliphatic rings. The van der Waals surface area contributed by atoms with Crippen molar-refractivity contribution in [2.24, 2.45) is 0 Å². The highest BCUT2D eigenvalue weighted by Crippen LogP contribution is 2.35. The summed E-state index contributed by atoms with van der Waals surface area (Å²) in [4.78, 5) is 0. The first-order valence-electron chi connectivity index (χ1n) is 5.18. The summed E-state index contributed by atoms with van der Waals surface area (Å²) in [5.41, 5.74) is 1.32. The van der Waals surface area contributed by atoms with Crippen LogP contribution in [0.4, 0.5) is 0 Å². The van der Waals surface area contributed by atoms with Gasteiger partial charge in [-0.2, -0.15) is 0 Å². The minimum absolute atomic E-state index is 0.0813. The van der Waals surface area contributed by atoms with Crippen LogP contribution in [0.2, 0.25) is 5.02 Å². The monoisotopic (exact) mass is 218 g/mol. The molecule has 15 heavy (non-hydrogen) atoms. The van der Waals surface area contributed by atoms with Gasteiger partial charge in [-0.15, -0.1) is 0 Å². The largest absolute Gasteiger partial charge is 0.0840 e. The number of fused-ring (bicyclic) bond motifs is 1. The van der Waals surface area contributed by atoms with Crippen LogP contribution in [-0.4, -0.2) is 0 Å². The maximum absolute atomic E-state index is 6.29. The zero-order chi connectivity index (χ0) is 11.1. The maximum Gasteiger partial charge on any atom is 0.0449 e. The van der Waals surface area contributed by atoms with Crippen LogP contribution in [0.3, 0.4) is 0 Å². The van der Waals surface area contributed by atoms with Gasteiger partial charge in [-0.05, 0) is 27.8 Å². The lowest BCUT2D eigenvalue weighted by Gasteiger charge is -2.22. The number of rotatable bonds is 0. The first-order valence-corrected chi connectivity index (χ1v) is 5.55. The molecule has 0 fully saturated rings. The Balaban J connectivity index is 2.86. The van der Waals surface area contributed by atoms with Crippen LogP contribution in [0.1, 0.15) is 26.3 Å². The lowest BCUT2D eigenvalue weighted by Crippen LogP contribution is -2.12. The zero-order valence-electron chi connectivity index (χ0n) is 9.34. The van der Waals surface area contributed by atoms with Gasteiger partial charge < -0.3 is 0 Å². The molecule has 0 unspecified atom stereocenters. The van der Waals surface area contributed by atoms with Crippen LogP contribution in [0.15, 0.2) is 36.4 Å². The van der Waals surface area contributed by atoms with E-state index < -0.39 is 0 Å². The maximum atomic E-state index is 6.29. The minimum Gasteiger partial charge on any atom is -0.0840 e. The molecule has 0 saturated heterocycles. The van der Waals surface area contributed by atoms with E-state index in [4.69, 9.17) is 11.6 Å². The highest BCUT2D eigenvalue weighted by molar-refractivity contribution is 6.32. The number of benzene rings is 2. The standard InChI is InChI=1S/C14H15Cl/c1-14(2,3)13-11-7-5-4-6-10(11)8-9-12(13)15/h4-9H,1-3H3. The van der Waals surface area contributed by atoms with Gasteiger partial charge in [-0.3, -0.25) is 0 Å². The summed E-state index contributed by atoms with van der Waals surface area (Å²) in [5, 5.41) is 3.38. The summed E-state index contributed by atoms with van der Waals surface area (Å²) in [5.74, 6) is 0. The lowest BCUT2D eigenvalue weighted by molar-refractivity contribution is 0.596. The molecule has 0 spiro atoms. The van der Waals surface area contributed by atoms with Crippen LogP contribution in [0.5, 0.6) is 0 Å². The molecule has 0 atom stereocenters. The molecule has 0 aliphatic carbocycles. The number of hydrogen-bond donors (Lipinski definition) is 0. The van der Waals surface area contributed by atoms with Gasteiger partial charge >= 0.3 is 0 Å². The van der Waals surface area contributed by atoms with E-state index >= 15 is 0 Å². The van der Waals surface area contributed by atoms with Gasteiger partial charge in [0.25, 0.3) is 0 Å². The number of hydrogen-bond acceptors (Lipinski definition) is 0. The van der Waals surface area contributed by atoms with Crippen LogP contribution in [-0.2, 0) is 5.41 Å². The Labute approximate surface area is 95.9 Å². The summed E-state index contributed by atoms with van der Waals surface area (Å²) in [6.45, 7) is 6.59. The molecule has 0 N–H and O–H groups in total. The van der Waals surface area contributed by atoms with Gasteiger partial charge in [-0.25, -0.2) is 0 Å². The highest BCUT2D eigenvalue weighted by atomic mass is 35.5. The van der Waals surface area contributed by atoms with E-state index in [2.05, 4.69) is 51.1 Å². The SMILES string of the molecule is CC(C)(C)c1c(Cl)ccc2ccccc12. The third kappa shape index (κ3) is 1.87. The van der Waals surface area contributed by atoms with Crippen molar-refractivity contribution in [2.75, 3.05) is 0 Å². The fourth-order valence-corrected chi connectivity index (χ4v) is 2.46. The number of halogens is 1. The van der Waals surface area contributed by atoms with Crippen molar-refractivity contribution in [2.45, 2.75) is 26.2 Å². The quantitative estimate of drug-likeness (QED) is 0.597. The molecule has 2 aromatic rings. The van der Waals surface area contributed by atoms with E-state index in [9.17, 15) is 0 Å². The fourth-order valence-electron chi connectivity index (χ4n) is 2.01. The Bertz CT molecular complexity index is 492. The van der Waals surface area contributed by atoms with E-state index in [1.54, 1.807) is 0 Å². The molecular weight excluding hydrogens is 204 g/mol. The van der Waals surface area contributed by atoms with E-state index in [0.29, 0.717) is 0 Å². The van der Waals surface area contributed by atoms with E-state index in [1.807, 2.05) is 6.07 Å². The van der Waals surface area contributed by atoms with Crippen LogP contribution >= 0.6 is 11.6 Å². The molecule has 0 bridgehead atoms. The second-order valence-corrected chi connectivity index (χ2v) is 5.30. The Morgan fingerprint density at radius 2 is 1.60 bits per heavy atom. The molecule has 2 aromatic carbocycles. The Morgan fingerprint density at radius 3 is 2.27 bits per heavy atom. The summed E-state index contributed by atoms with van der Waals surface area (Å²) in [6.07, 6.45) is 0. The zero-order valence-corrected chi connectivity index (χ0v) is 10.1. The second-order valence-electron chi connectivity index (χ2n) is 4.89. The van der Waals surface area contributed by atoms with Gasteiger partial charge in [0, 0.05) is 5.02 Å². The summed E-state index contributed by atoms with van der Waals surface area (Å²) < 4.78 is 0. The average Bonchev–Trinajstić information content (AvgIpc) is 2.15. The van der Waals surface area contributed by atoms with Crippen LogP contribution in [0, 0.1) is 0 Å². The van der Waals surface area contributed by atoms with Crippen molar-refractivity contribution in [3.63, 3.8) is 0 Å². The van der Waals surface area contributed by atoms with Crippen LogP contribution in [0.25, 0.3) is 10.8 Å². The van der Waals surface area contributed by atoms with Crippen molar-refractivity contribution in [1.29, 1.82) is 0 Å². The fraction of sp³-hybridized carbons (Fsp3) is 0.286. The van der Waals surface area contributed by atoms with Gasteiger partial charge in [0.1, 0.15) is 0 Å². The van der Waals surface area contributed by atoms with Crippen molar-refractivity contribution in [3.05, 3.63) is 47.0 Å². The van der Waals surface area contributed by atoms with Crippen LogP contribution < -0.4 is 0 Å². The molecular formula is C14H15Cl. The Hall–Kier alpha value is -1.01. The molecule has 2 rings (SSSR count). The summed E-state index contributed by atoms with van der Waals surface area (Å²) in [6, 6.07) is 12.5. The lowest BCUT2D eigenvalue weighted by atomic mass is 9.83. The predicted molar refractivity (Wildman–Crippen MR) is 67.7 cm³/mol.